The molecule has 1 aromatic heterocycles. The highest BCUT2D eigenvalue weighted by atomic mass is 79.9. The third-order valence-electron chi connectivity index (χ3n) is 2.00. The van der Waals surface area contributed by atoms with Gasteiger partial charge in [0.25, 0.3) is 5.56 Å². The van der Waals surface area contributed by atoms with E-state index in [0.29, 0.717) is 10.9 Å². The molecule has 0 amide bonds. The Morgan fingerprint density at radius 3 is 2.93 bits per heavy atom. The van der Waals surface area contributed by atoms with Gasteiger partial charge in [0, 0.05) is 11.5 Å². The van der Waals surface area contributed by atoms with Crippen molar-refractivity contribution in [2.75, 3.05) is 0 Å². The molecule has 0 saturated carbocycles. The average Bonchev–Trinajstić information content (AvgIpc) is 2.17. The third-order valence-corrected chi connectivity index (χ3v) is 2.98. The first-order valence-electron chi connectivity index (χ1n) is 3.92. The molecule has 0 aliphatic carbocycles. The van der Waals surface area contributed by atoms with Crippen LogP contribution in [0.2, 0.25) is 5.28 Å². The molecule has 0 bridgehead atoms. The first kappa shape index (κ1) is 9.68. The summed E-state index contributed by atoms with van der Waals surface area (Å²) < 4.78 is 2.09. The molecule has 0 aliphatic rings. The van der Waals surface area contributed by atoms with Gasteiger partial charge in [-0.2, -0.15) is 0 Å². The molecule has 0 spiro atoms. The number of aromatic nitrogens is 2. The number of hydrogen-bond acceptors (Lipinski definition) is 2. The van der Waals surface area contributed by atoms with E-state index < -0.39 is 0 Å². The summed E-state index contributed by atoms with van der Waals surface area (Å²) in [6.07, 6.45) is 0. The van der Waals surface area contributed by atoms with Gasteiger partial charge in [0.05, 0.1) is 10.9 Å². The summed E-state index contributed by atoms with van der Waals surface area (Å²) in [5.74, 6) is 0. The number of rotatable bonds is 0. The fraction of sp³-hybridized carbons (Fsp3) is 0.111. The molecule has 14 heavy (non-hydrogen) atoms. The molecular formula is C9H6BrClN2O. The molecule has 0 radical (unpaired) electrons. The number of nitrogens with zero attached hydrogens (tertiary/aromatic N) is 2. The zero-order valence-electron chi connectivity index (χ0n) is 7.29. The van der Waals surface area contributed by atoms with Crippen LogP contribution in [-0.4, -0.2) is 9.55 Å². The van der Waals surface area contributed by atoms with Gasteiger partial charge in [0.1, 0.15) is 0 Å². The second-order valence-electron chi connectivity index (χ2n) is 2.88. The van der Waals surface area contributed by atoms with E-state index in [2.05, 4.69) is 20.9 Å². The van der Waals surface area contributed by atoms with Gasteiger partial charge in [0.2, 0.25) is 5.28 Å². The van der Waals surface area contributed by atoms with Crippen molar-refractivity contribution in [2.24, 2.45) is 7.05 Å². The van der Waals surface area contributed by atoms with Crippen molar-refractivity contribution in [1.82, 2.24) is 9.55 Å². The largest absolute Gasteiger partial charge is 0.286 e. The molecule has 72 valence electrons. The molecule has 0 aliphatic heterocycles. The SMILES string of the molecule is Cn1c(Cl)nc2c(Br)cccc2c1=O. The molecule has 2 rings (SSSR count). The highest BCUT2D eigenvalue weighted by Gasteiger charge is 2.07. The fourth-order valence-corrected chi connectivity index (χ4v) is 1.85. The Bertz CT molecular complexity index is 564. The van der Waals surface area contributed by atoms with E-state index in [1.807, 2.05) is 6.07 Å². The second kappa shape index (κ2) is 3.37. The van der Waals surface area contributed by atoms with Crippen LogP contribution in [0.3, 0.4) is 0 Å². The van der Waals surface area contributed by atoms with Crippen molar-refractivity contribution in [3.05, 3.63) is 38.3 Å². The predicted molar refractivity (Wildman–Crippen MR) is 59.7 cm³/mol. The van der Waals surface area contributed by atoms with Gasteiger partial charge in [0.15, 0.2) is 0 Å². The summed E-state index contributed by atoms with van der Waals surface area (Å²) >= 11 is 9.12. The van der Waals surface area contributed by atoms with Gasteiger partial charge >= 0.3 is 0 Å². The summed E-state index contributed by atoms with van der Waals surface area (Å²) in [4.78, 5) is 15.8. The maximum atomic E-state index is 11.7. The first-order valence-corrected chi connectivity index (χ1v) is 5.09. The van der Waals surface area contributed by atoms with E-state index in [0.717, 1.165) is 4.47 Å². The fourth-order valence-electron chi connectivity index (χ4n) is 1.23. The van der Waals surface area contributed by atoms with E-state index in [4.69, 9.17) is 11.6 Å². The Morgan fingerprint density at radius 2 is 2.21 bits per heavy atom. The minimum atomic E-state index is -0.138. The van der Waals surface area contributed by atoms with E-state index in [1.54, 1.807) is 19.2 Å². The van der Waals surface area contributed by atoms with Gasteiger partial charge in [-0.3, -0.25) is 9.36 Å². The molecule has 0 N–H and O–H groups in total. The van der Waals surface area contributed by atoms with Crippen LogP contribution < -0.4 is 5.56 Å². The van der Waals surface area contributed by atoms with Crippen LogP contribution in [0.1, 0.15) is 0 Å². The molecule has 0 fully saturated rings. The van der Waals surface area contributed by atoms with Gasteiger partial charge in [-0.25, -0.2) is 4.98 Å². The molecule has 1 aromatic carbocycles. The first-order chi connectivity index (χ1) is 6.61. The lowest BCUT2D eigenvalue weighted by Gasteiger charge is -2.03. The Kier molecular flexibility index (Phi) is 2.33. The lowest BCUT2D eigenvalue weighted by Crippen LogP contribution is -2.18. The van der Waals surface area contributed by atoms with Crippen molar-refractivity contribution in [1.29, 1.82) is 0 Å². The van der Waals surface area contributed by atoms with Crippen LogP contribution in [0.15, 0.2) is 27.5 Å². The van der Waals surface area contributed by atoms with E-state index in [9.17, 15) is 4.79 Å². The van der Waals surface area contributed by atoms with Gasteiger partial charge in [-0.1, -0.05) is 6.07 Å². The topological polar surface area (TPSA) is 34.9 Å². The Morgan fingerprint density at radius 1 is 1.50 bits per heavy atom. The summed E-state index contributed by atoms with van der Waals surface area (Å²) in [7, 11) is 1.60. The van der Waals surface area contributed by atoms with Crippen LogP contribution in [0.4, 0.5) is 0 Å². The average molecular weight is 274 g/mol. The zero-order chi connectivity index (χ0) is 10.3. The van der Waals surface area contributed by atoms with Crippen molar-refractivity contribution in [2.45, 2.75) is 0 Å². The number of halogens is 2. The number of benzene rings is 1. The lowest BCUT2D eigenvalue weighted by atomic mass is 10.2. The highest BCUT2D eigenvalue weighted by Crippen LogP contribution is 2.20. The molecule has 0 atom stereocenters. The minimum absolute atomic E-state index is 0.138. The Balaban J connectivity index is 3.06. The highest BCUT2D eigenvalue weighted by molar-refractivity contribution is 9.10. The Hall–Kier alpha value is -0.870. The second-order valence-corrected chi connectivity index (χ2v) is 4.07. The Labute approximate surface area is 93.5 Å². The van der Waals surface area contributed by atoms with Crippen LogP contribution in [0.25, 0.3) is 10.9 Å². The van der Waals surface area contributed by atoms with Crippen LogP contribution in [0, 0.1) is 0 Å². The number of fused-ring (bicyclic) bond motifs is 1. The quantitative estimate of drug-likeness (QED) is 0.691. The van der Waals surface area contributed by atoms with Crippen molar-refractivity contribution in [3.8, 4) is 0 Å². The normalized spacial score (nSPS) is 10.8. The van der Waals surface area contributed by atoms with E-state index in [1.165, 1.54) is 4.57 Å². The standard InChI is InChI=1S/C9H6BrClN2O/c1-13-8(14)5-3-2-4-6(10)7(5)12-9(13)11/h2-4H,1H3. The molecular weight excluding hydrogens is 267 g/mol. The molecule has 1 heterocycles. The number of para-hydroxylation sites is 1. The maximum Gasteiger partial charge on any atom is 0.262 e. The summed E-state index contributed by atoms with van der Waals surface area (Å²) in [5.41, 5.74) is 0.460. The molecule has 3 nitrogen and oxygen atoms in total. The third kappa shape index (κ3) is 1.35. The van der Waals surface area contributed by atoms with Crippen LogP contribution in [-0.2, 0) is 7.05 Å². The van der Waals surface area contributed by atoms with Crippen molar-refractivity contribution < 1.29 is 0 Å². The molecule has 0 unspecified atom stereocenters. The van der Waals surface area contributed by atoms with Crippen molar-refractivity contribution in [3.63, 3.8) is 0 Å². The molecule has 0 saturated heterocycles. The van der Waals surface area contributed by atoms with Crippen LogP contribution >= 0.6 is 27.5 Å². The van der Waals surface area contributed by atoms with E-state index >= 15 is 0 Å². The summed E-state index contributed by atoms with van der Waals surface area (Å²) in [6.45, 7) is 0. The van der Waals surface area contributed by atoms with Crippen LogP contribution in [0.5, 0.6) is 0 Å². The summed E-state index contributed by atoms with van der Waals surface area (Å²) in [6, 6.07) is 5.35. The summed E-state index contributed by atoms with van der Waals surface area (Å²) in [5, 5.41) is 0.751. The smallest absolute Gasteiger partial charge is 0.262 e. The van der Waals surface area contributed by atoms with E-state index in [-0.39, 0.29) is 10.8 Å². The van der Waals surface area contributed by atoms with Gasteiger partial charge < -0.3 is 0 Å². The maximum absolute atomic E-state index is 11.7. The van der Waals surface area contributed by atoms with Gasteiger partial charge in [-0.05, 0) is 39.7 Å². The predicted octanol–water partition coefficient (Wildman–Crippen LogP) is 2.35. The van der Waals surface area contributed by atoms with Crippen molar-refractivity contribution >= 4 is 38.4 Å². The number of hydrogen-bond donors (Lipinski definition) is 0. The zero-order valence-corrected chi connectivity index (χ0v) is 9.63. The molecule has 2 aromatic rings. The molecule has 5 heteroatoms. The minimum Gasteiger partial charge on any atom is -0.286 e. The monoisotopic (exact) mass is 272 g/mol. The lowest BCUT2D eigenvalue weighted by molar-refractivity contribution is 0.844. The van der Waals surface area contributed by atoms with Gasteiger partial charge in [-0.15, -0.1) is 0 Å².